The number of hydrogen-bond acceptors (Lipinski definition) is 6. The third-order valence-electron chi connectivity index (χ3n) is 6.56. The average Bonchev–Trinajstić information content (AvgIpc) is 3.25. The molecule has 0 bridgehead atoms. The Hall–Kier alpha value is -2.75. The Bertz CT molecular complexity index is 1150. The van der Waals surface area contributed by atoms with Gasteiger partial charge in [-0.25, -0.2) is 8.78 Å². The molecule has 1 fully saturated rings. The summed E-state index contributed by atoms with van der Waals surface area (Å²) >= 11 is 0. The van der Waals surface area contributed by atoms with E-state index in [-0.39, 0.29) is 29.6 Å². The van der Waals surface area contributed by atoms with Crippen molar-refractivity contribution in [2.75, 3.05) is 12.0 Å². The largest absolute Gasteiger partial charge is 0.497 e. The van der Waals surface area contributed by atoms with Gasteiger partial charge in [0.15, 0.2) is 5.76 Å². The smallest absolute Gasteiger partial charge is 0.399 e. The molecule has 1 unspecified atom stereocenters. The Morgan fingerprint density at radius 3 is 2.32 bits per heavy atom. The molecule has 1 aliphatic heterocycles. The summed E-state index contributed by atoms with van der Waals surface area (Å²) in [6, 6.07) is 11.9. The van der Waals surface area contributed by atoms with E-state index < -0.39 is 30.0 Å². The van der Waals surface area contributed by atoms with Crippen molar-refractivity contribution in [3.8, 4) is 11.3 Å². The van der Waals surface area contributed by atoms with Gasteiger partial charge in [-0.1, -0.05) is 35.5 Å². The van der Waals surface area contributed by atoms with Crippen molar-refractivity contribution >= 4 is 18.3 Å². The predicted octanol–water partition coefficient (Wildman–Crippen LogP) is 5.37. The molecule has 1 aliphatic rings. The molecule has 4 rings (SSSR count). The summed E-state index contributed by atoms with van der Waals surface area (Å²) in [6.07, 6.45) is -0.161. The van der Waals surface area contributed by atoms with Gasteiger partial charge in [-0.2, -0.15) is 0 Å². The lowest BCUT2D eigenvalue weighted by Crippen LogP contribution is -2.41. The third-order valence-corrected chi connectivity index (χ3v) is 6.56. The van der Waals surface area contributed by atoms with E-state index in [1.807, 2.05) is 65.0 Å². The lowest BCUT2D eigenvalue weighted by Gasteiger charge is -2.32. The van der Waals surface area contributed by atoms with Gasteiger partial charge in [0.25, 0.3) is 0 Å². The maximum atomic E-state index is 15.2. The summed E-state index contributed by atoms with van der Waals surface area (Å²) in [5.41, 5.74) is 0.237. The predicted molar refractivity (Wildman–Crippen MR) is 127 cm³/mol. The maximum absolute atomic E-state index is 15.2. The van der Waals surface area contributed by atoms with E-state index in [2.05, 4.69) is 10.5 Å². The summed E-state index contributed by atoms with van der Waals surface area (Å²) in [5.74, 6) is -0.891. The number of aryl methyl sites for hydroxylation is 1. The summed E-state index contributed by atoms with van der Waals surface area (Å²) < 4.78 is 53.2. The van der Waals surface area contributed by atoms with Gasteiger partial charge in [0.05, 0.1) is 17.3 Å². The number of benzene rings is 2. The Kier molecular flexibility index (Phi) is 6.55. The molecule has 180 valence electrons. The SMILES string of the molecule is Cc1onc(-c2cc(F)c(B3OC(C)(C)C(C)(C)O3)cc2F)c1NCOC(C)c1ccccc1. The number of nitrogens with zero attached hydrogens (tertiary/aromatic N) is 1. The van der Waals surface area contributed by atoms with Gasteiger partial charge in [0.2, 0.25) is 0 Å². The normalized spacial score (nSPS) is 17.7. The van der Waals surface area contributed by atoms with Crippen LogP contribution >= 0.6 is 0 Å². The fraction of sp³-hybridized carbons (Fsp3) is 0.400. The highest BCUT2D eigenvalue weighted by Crippen LogP contribution is 2.37. The van der Waals surface area contributed by atoms with Crippen LogP contribution < -0.4 is 10.8 Å². The number of nitrogens with one attached hydrogen (secondary N) is 1. The Labute approximate surface area is 198 Å². The summed E-state index contributed by atoms with van der Waals surface area (Å²) in [7, 11) is -1.02. The lowest BCUT2D eigenvalue weighted by molar-refractivity contribution is 0.00578. The van der Waals surface area contributed by atoms with E-state index in [1.165, 1.54) is 0 Å². The summed E-state index contributed by atoms with van der Waals surface area (Å²) in [4.78, 5) is 0. The molecule has 2 aromatic carbocycles. The van der Waals surface area contributed by atoms with Crippen LogP contribution in [0.15, 0.2) is 47.0 Å². The number of halogens is 2. The standard InChI is InChI=1S/C25H29BF2N2O4/c1-15(17-10-8-7-9-11-17)31-14-29-22-16(2)32-30-23(22)18-12-21(28)19(13-20(18)27)26-33-24(3,4)25(5,6)34-26/h7-13,15,29H,14H2,1-6H3. The van der Waals surface area contributed by atoms with E-state index in [0.29, 0.717) is 11.4 Å². The van der Waals surface area contributed by atoms with Gasteiger partial charge in [-0.05, 0) is 59.2 Å². The molecule has 6 nitrogen and oxygen atoms in total. The number of ether oxygens (including phenoxy) is 1. The van der Waals surface area contributed by atoms with Crippen LogP contribution in [0.3, 0.4) is 0 Å². The van der Waals surface area contributed by atoms with Gasteiger partial charge < -0.3 is 23.9 Å². The van der Waals surface area contributed by atoms with Gasteiger partial charge in [-0.15, -0.1) is 0 Å². The first kappa shape index (κ1) is 24.4. The molecule has 1 aromatic heterocycles. The molecular formula is C25H29BF2N2O4. The molecular weight excluding hydrogens is 441 g/mol. The quantitative estimate of drug-likeness (QED) is 0.370. The average molecular weight is 470 g/mol. The number of aromatic nitrogens is 1. The van der Waals surface area contributed by atoms with Gasteiger partial charge in [-0.3, -0.25) is 0 Å². The molecule has 0 spiro atoms. The molecule has 1 N–H and O–H groups in total. The summed E-state index contributed by atoms with van der Waals surface area (Å²) in [5, 5.41) is 7.04. The van der Waals surface area contributed by atoms with Gasteiger partial charge in [0, 0.05) is 11.0 Å². The van der Waals surface area contributed by atoms with Crippen LogP contribution in [0.5, 0.6) is 0 Å². The third kappa shape index (κ3) is 4.60. The molecule has 9 heteroatoms. The minimum atomic E-state index is -1.02. The minimum Gasteiger partial charge on any atom is -0.399 e. The topological polar surface area (TPSA) is 65.8 Å². The fourth-order valence-corrected chi connectivity index (χ4v) is 3.72. The van der Waals surface area contributed by atoms with Crippen LogP contribution in [0.25, 0.3) is 11.3 Å². The van der Waals surface area contributed by atoms with Crippen LogP contribution in [0, 0.1) is 18.6 Å². The second-order valence-electron chi connectivity index (χ2n) is 9.44. The van der Waals surface area contributed by atoms with E-state index >= 15 is 8.78 Å². The first-order chi connectivity index (χ1) is 16.0. The first-order valence-corrected chi connectivity index (χ1v) is 11.2. The minimum absolute atomic E-state index is 0.00496. The van der Waals surface area contributed by atoms with E-state index in [1.54, 1.807) is 6.92 Å². The molecule has 0 saturated carbocycles. The molecule has 0 aliphatic carbocycles. The number of anilines is 1. The van der Waals surface area contributed by atoms with Gasteiger partial charge >= 0.3 is 7.12 Å². The molecule has 1 atom stereocenters. The monoisotopic (exact) mass is 470 g/mol. The zero-order chi connectivity index (χ0) is 24.7. The number of rotatable bonds is 7. The Balaban J connectivity index is 1.54. The first-order valence-electron chi connectivity index (χ1n) is 11.2. The zero-order valence-electron chi connectivity index (χ0n) is 20.2. The van der Waals surface area contributed by atoms with Crippen molar-refractivity contribution < 1.29 is 27.3 Å². The van der Waals surface area contributed by atoms with Crippen LogP contribution in [0.4, 0.5) is 14.5 Å². The van der Waals surface area contributed by atoms with E-state index in [4.69, 9.17) is 18.6 Å². The van der Waals surface area contributed by atoms with E-state index in [9.17, 15) is 0 Å². The van der Waals surface area contributed by atoms with Crippen LogP contribution in [-0.2, 0) is 14.0 Å². The van der Waals surface area contributed by atoms with Crippen molar-refractivity contribution in [1.82, 2.24) is 5.16 Å². The van der Waals surface area contributed by atoms with Crippen molar-refractivity contribution in [1.29, 1.82) is 0 Å². The van der Waals surface area contributed by atoms with Crippen molar-refractivity contribution in [3.63, 3.8) is 0 Å². The summed E-state index contributed by atoms with van der Waals surface area (Å²) in [6.45, 7) is 11.2. The van der Waals surface area contributed by atoms with E-state index in [0.717, 1.165) is 17.7 Å². The molecule has 3 aromatic rings. The van der Waals surface area contributed by atoms with Crippen molar-refractivity contribution in [3.05, 3.63) is 65.4 Å². The van der Waals surface area contributed by atoms with Crippen LogP contribution in [0.1, 0.15) is 52.0 Å². The van der Waals surface area contributed by atoms with Crippen molar-refractivity contribution in [2.45, 2.75) is 58.8 Å². The fourth-order valence-electron chi connectivity index (χ4n) is 3.72. The van der Waals surface area contributed by atoms with Crippen molar-refractivity contribution in [2.24, 2.45) is 0 Å². The zero-order valence-corrected chi connectivity index (χ0v) is 20.2. The lowest BCUT2D eigenvalue weighted by atomic mass is 9.78. The van der Waals surface area contributed by atoms with Crippen LogP contribution in [0.2, 0.25) is 0 Å². The Morgan fingerprint density at radius 1 is 1.03 bits per heavy atom. The molecule has 2 heterocycles. The highest BCUT2D eigenvalue weighted by Gasteiger charge is 2.52. The molecule has 0 amide bonds. The highest BCUT2D eigenvalue weighted by atomic mass is 19.1. The van der Waals surface area contributed by atoms with Gasteiger partial charge in [0.1, 0.15) is 29.7 Å². The highest BCUT2D eigenvalue weighted by molar-refractivity contribution is 6.62. The maximum Gasteiger partial charge on any atom is 0.497 e. The molecule has 34 heavy (non-hydrogen) atoms. The van der Waals surface area contributed by atoms with Crippen LogP contribution in [-0.4, -0.2) is 30.2 Å². The molecule has 1 saturated heterocycles. The number of hydrogen-bond donors (Lipinski definition) is 1. The molecule has 0 radical (unpaired) electrons. The second-order valence-corrected chi connectivity index (χ2v) is 9.44. The second kappa shape index (κ2) is 9.13. The Morgan fingerprint density at radius 2 is 1.68 bits per heavy atom.